The van der Waals surface area contributed by atoms with Gasteiger partial charge >= 0.3 is 0 Å². The summed E-state index contributed by atoms with van der Waals surface area (Å²) in [5.74, 6) is 0.281. The molecule has 4 rings (SSSR count). The van der Waals surface area contributed by atoms with Crippen molar-refractivity contribution < 1.29 is 0 Å². The third-order valence-corrected chi connectivity index (χ3v) is 5.39. The largest absolute Gasteiger partial charge is 0.382 e. The van der Waals surface area contributed by atoms with Gasteiger partial charge in [0.2, 0.25) is 5.95 Å². The summed E-state index contributed by atoms with van der Waals surface area (Å²) in [6.45, 7) is 1.75. The maximum atomic E-state index is 13.5. The topological polar surface area (TPSA) is 149 Å². The van der Waals surface area contributed by atoms with E-state index in [1.165, 1.54) is 4.57 Å². The van der Waals surface area contributed by atoms with Crippen LogP contribution in [-0.4, -0.2) is 19.5 Å². The van der Waals surface area contributed by atoms with Crippen LogP contribution < -0.4 is 22.3 Å². The number of nitrogens with two attached hydrogens (primary N) is 2. The minimum atomic E-state index is -0.622. The van der Waals surface area contributed by atoms with E-state index in [1.54, 1.807) is 43.3 Å². The van der Waals surface area contributed by atoms with E-state index in [1.807, 2.05) is 12.1 Å². The highest BCUT2D eigenvalue weighted by Crippen LogP contribution is 2.29. The monoisotopic (exact) mass is 466 g/mol. The quantitative estimate of drug-likeness (QED) is 0.412. The maximum Gasteiger partial charge on any atom is 0.267 e. The van der Waals surface area contributed by atoms with Gasteiger partial charge in [-0.05, 0) is 31.2 Å². The lowest BCUT2D eigenvalue weighted by atomic mass is 10.2. The zero-order valence-corrected chi connectivity index (χ0v) is 18.2. The lowest BCUT2D eigenvalue weighted by Crippen LogP contribution is -2.28. The molecule has 0 fully saturated rings. The Morgan fingerprint density at radius 1 is 1.06 bits per heavy atom. The maximum absolute atomic E-state index is 13.5. The summed E-state index contributed by atoms with van der Waals surface area (Å²) >= 11 is 12.7. The van der Waals surface area contributed by atoms with Crippen molar-refractivity contribution in [2.75, 3.05) is 16.8 Å². The van der Waals surface area contributed by atoms with Crippen molar-refractivity contribution in [3.05, 3.63) is 74.3 Å². The van der Waals surface area contributed by atoms with Crippen LogP contribution in [0, 0.1) is 11.3 Å². The zero-order valence-electron chi connectivity index (χ0n) is 16.7. The first-order chi connectivity index (χ1) is 15.3. The summed E-state index contributed by atoms with van der Waals surface area (Å²) in [5.41, 5.74) is 12.0. The molecule has 2 aromatic carbocycles. The average molecular weight is 467 g/mol. The molecule has 5 N–H and O–H groups in total. The van der Waals surface area contributed by atoms with Crippen LogP contribution in [0.4, 0.5) is 17.6 Å². The molecule has 0 saturated carbocycles. The predicted octanol–water partition coefficient (Wildman–Crippen LogP) is 3.69. The first-order valence-electron chi connectivity index (χ1n) is 9.37. The van der Waals surface area contributed by atoms with Gasteiger partial charge in [0.1, 0.15) is 23.3 Å². The molecule has 160 valence electrons. The molecule has 0 aliphatic rings. The smallest absolute Gasteiger partial charge is 0.267 e. The Kier molecular flexibility index (Phi) is 5.57. The van der Waals surface area contributed by atoms with Crippen molar-refractivity contribution in [2.24, 2.45) is 0 Å². The highest BCUT2D eigenvalue weighted by molar-refractivity contribution is 6.39. The molecule has 11 heteroatoms. The Bertz CT molecular complexity index is 1450. The Morgan fingerprint density at radius 3 is 2.44 bits per heavy atom. The molecule has 1 unspecified atom stereocenters. The van der Waals surface area contributed by atoms with E-state index in [4.69, 9.17) is 34.7 Å². The van der Waals surface area contributed by atoms with Crippen molar-refractivity contribution >= 4 is 51.7 Å². The van der Waals surface area contributed by atoms with Gasteiger partial charge in [-0.1, -0.05) is 41.4 Å². The van der Waals surface area contributed by atoms with Gasteiger partial charge in [0, 0.05) is 0 Å². The van der Waals surface area contributed by atoms with Crippen molar-refractivity contribution in [3.8, 4) is 11.8 Å². The Balaban J connectivity index is 1.97. The Labute approximate surface area is 192 Å². The lowest BCUT2D eigenvalue weighted by Gasteiger charge is -2.21. The van der Waals surface area contributed by atoms with Crippen LogP contribution >= 0.6 is 23.2 Å². The van der Waals surface area contributed by atoms with E-state index in [0.29, 0.717) is 11.5 Å². The number of nitriles is 1. The van der Waals surface area contributed by atoms with Crippen LogP contribution in [0.5, 0.6) is 0 Å². The van der Waals surface area contributed by atoms with Crippen LogP contribution in [0.3, 0.4) is 0 Å². The normalized spacial score (nSPS) is 11.8. The Hall–Kier alpha value is -3.87. The van der Waals surface area contributed by atoms with E-state index in [0.717, 1.165) is 0 Å². The van der Waals surface area contributed by atoms with Crippen LogP contribution in [0.15, 0.2) is 47.3 Å². The van der Waals surface area contributed by atoms with E-state index in [-0.39, 0.29) is 49.7 Å². The first-order valence-corrected chi connectivity index (χ1v) is 10.1. The van der Waals surface area contributed by atoms with E-state index in [2.05, 4.69) is 20.3 Å². The number of halogens is 2. The third-order valence-electron chi connectivity index (χ3n) is 4.77. The molecule has 0 spiro atoms. The molecule has 1 atom stereocenters. The number of aromatic nitrogens is 4. The standard InChI is InChI=1S/C21H16Cl2N8O/c1-10(27-18-12(9-24)17(25)29-21(26)30-18)19-28-16-14(23)8-7-13(22)15(16)20(32)31(19)11-5-3-2-4-6-11/h2-8,10H,1H3,(H5,25,26,27,29,30). The Morgan fingerprint density at radius 2 is 1.75 bits per heavy atom. The molecule has 2 aromatic heterocycles. The molecule has 0 amide bonds. The number of nitrogens with zero attached hydrogens (tertiary/aromatic N) is 5. The van der Waals surface area contributed by atoms with E-state index < -0.39 is 6.04 Å². The van der Waals surface area contributed by atoms with E-state index in [9.17, 15) is 10.1 Å². The second-order valence-corrected chi connectivity index (χ2v) is 7.68. The summed E-state index contributed by atoms with van der Waals surface area (Å²) in [7, 11) is 0. The summed E-state index contributed by atoms with van der Waals surface area (Å²) in [5, 5.41) is 13.2. The molecule has 4 aromatic rings. The van der Waals surface area contributed by atoms with Crippen molar-refractivity contribution in [1.82, 2.24) is 19.5 Å². The molecule has 0 saturated heterocycles. The van der Waals surface area contributed by atoms with Gasteiger partial charge in [-0.2, -0.15) is 15.2 Å². The third kappa shape index (κ3) is 3.66. The zero-order chi connectivity index (χ0) is 23.0. The van der Waals surface area contributed by atoms with Gasteiger partial charge in [0.05, 0.1) is 32.7 Å². The summed E-state index contributed by atoms with van der Waals surface area (Å²) in [6.07, 6.45) is 0. The second-order valence-electron chi connectivity index (χ2n) is 6.87. The predicted molar refractivity (Wildman–Crippen MR) is 125 cm³/mol. The molecular weight excluding hydrogens is 451 g/mol. The van der Waals surface area contributed by atoms with Crippen LogP contribution in [-0.2, 0) is 0 Å². The number of para-hydroxylation sites is 1. The molecule has 9 nitrogen and oxygen atoms in total. The molecule has 2 heterocycles. The average Bonchev–Trinajstić information content (AvgIpc) is 2.76. The highest BCUT2D eigenvalue weighted by atomic mass is 35.5. The van der Waals surface area contributed by atoms with Crippen LogP contribution in [0.2, 0.25) is 10.0 Å². The number of hydrogen-bond donors (Lipinski definition) is 3. The summed E-state index contributed by atoms with van der Waals surface area (Å²) in [6, 6.07) is 13.4. The number of hydrogen-bond acceptors (Lipinski definition) is 8. The highest BCUT2D eigenvalue weighted by Gasteiger charge is 2.22. The van der Waals surface area contributed by atoms with Crippen molar-refractivity contribution in [2.45, 2.75) is 13.0 Å². The number of nitrogens with one attached hydrogen (secondary N) is 1. The van der Waals surface area contributed by atoms with Crippen molar-refractivity contribution in [1.29, 1.82) is 5.26 Å². The number of benzene rings is 2. The fraction of sp³-hybridized carbons (Fsp3) is 0.0952. The first kappa shape index (κ1) is 21.4. The minimum absolute atomic E-state index is 0.0292. The molecule has 0 aliphatic carbocycles. The van der Waals surface area contributed by atoms with Crippen LogP contribution in [0.25, 0.3) is 16.6 Å². The molecule has 0 aliphatic heterocycles. The molecule has 32 heavy (non-hydrogen) atoms. The van der Waals surface area contributed by atoms with Gasteiger partial charge in [0.25, 0.3) is 5.56 Å². The lowest BCUT2D eigenvalue weighted by molar-refractivity contribution is 0.731. The van der Waals surface area contributed by atoms with Gasteiger partial charge < -0.3 is 16.8 Å². The molecule has 0 radical (unpaired) electrons. The van der Waals surface area contributed by atoms with Gasteiger partial charge in [-0.25, -0.2) is 4.98 Å². The van der Waals surface area contributed by atoms with Gasteiger partial charge in [-0.15, -0.1) is 0 Å². The molecular formula is C21H16Cl2N8O. The number of fused-ring (bicyclic) bond motifs is 1. The summed E-state index contributed by atoms with van der Waals surface area (Å²) in [4.78, 5) is 26.1. The number of rotatable bonds is 4. The van der Waals surface area contributed by atoms with Gasteiger partial charge in [-0.3, -0.25) is 9.36 Å². The van der Waals surface area contributed by atoms with E-state index >= 15 is 0 Å². The number of anilines is 3. The molecule has 0 bridgehead atoms. The SMILES string of the molecule is CC(Nc1nc(N)nc(N)c1C#N)c1nc2c(Cl)ccc(Cl)c2c(=O)n1-c1ccccc1. The summed E-state index contributed by atoms with van der Waals surface area (Å²) < 4.78 is 1.43. The van der Waals surface area contributed by atoms with Crippen molar-refractivity contribution in [3.63, 3.8) is 0 Å². The second kappa shape index (κ2) is 8.34. The fourth-order valence-corrected chi connectivity index (χ4v) is 3.76. The van der Waals surface area contributed by atoms with Gasteiger partial charge in [0.15, 0.2) is 5.82 Å². The van der Waals surface area contributed by atoms with Crippen LogP contribution in [0.1, 0.15) is 24.4 Å². The minimum Gasteiger partial charge on any atom is -0.382 e. The fourth-order valence-electron chi connectivity index (χ4n) is 3.33. The number of nitrogen functional groups attached to an aromatic ring is 2.